The van der Waals surface area contributed by atoms with Crippen LogP contribution in [0.1, 0.15) is 11.1 Å². The van der Waals surface area contributed by atoms with Crippen LogP contribution in [0.25, 0.3) is 6.08 Å². The fraction of sp³-hybridized carbons (Fsp3) is 0.154. The van der Waals surface area contributed by atoms with Crippen LogP contribution in [-0.2, 0) is 4.79 Å². The van der Waals surface area contributed by atoms with Crippen LogP contribution >= 0.6 is 0 Å². The zero-order chi connectivity index (χ0) is 12.0. The van der Waals surface area contributed by atoms with E-state index in [4.69, 9.17) is 5.73 Å². The summed E-state index contributed by atoms with van der Waals surface area (Å²) in [4.78, 5) is 11.3. The highest BCUT2D eigenvalue weighted by Crippen LogP contribution is 2.13. The zero-order valence-corrected chi connectivity index (χ0v) is 9.36. The molecule has 0 heterocycles. The molecule has 0 unspecified atom stereocenters. The fourth-order valence-corrected chi connectivity index (χ4v) is 1.17. The number of benzene rings is 1. The lowest BCUT2D eigenvalue weighted by molar-refractivity contribution is -0.116. The van der Waals surface area contributed by atoms with Crippen LogP contribution in [0, 0.1) is 6.92 Å². The van der Waals surface area contributed by atoms with E-state index in [-0.39, 0.29) is 5.91 Å². The second kappa shape index (κ2) is 5.75. The van der Waals surface area contributed by atoms with Crippen LogP contribution in [0.5, 0.6) is 0 Å². The molecule has 0 fully saturated rings. The Morgan fingerprint density at radius 1 is 1.56 bits per heavy atom. The highest BCUT2D eigenvalue weighted by atomic mass is 16.1. The quantitative estimate of drug-likeness (QED) is 0.459. The Morgan fingerprint density at radius 2 is 2.31 bits per heavy atom. The molecule has 1 aromatic carbocycles. The molecule has 0 saturated heterocycles. The molecule has 0 aliphatic heterocycles. The van der Waals surface area contributed by atoms with Crippen LogP contribution < -0.4 is 11.1 Å². The molecule has 1 aromatic rings. The molecule has 0 bridgehead atoms. The molecular formula is C13H16N2O. The molecule has 3 nitrogen and oxygen atoms in total. The van der Waals surface area contributed by atoms with Gasteiger partial charge in [0.25, 0.3) is 0 Å². The van der Waals surface area contributed by atoms with Gasteiger partial charge in [-0.25, -0.2) is 0 Å². The van der Waals surface area contributed by atoms with Gasteiger partial charge in [-0.3, -0.25) is 4.79 Å². The van der Waals surface area contributed by atoms with Crippen LogP contribution in [0.2, 0.25) is 0 Å². The molecule has 16 heavy (non-hydrogen) atoms. The lowest BCUT2D eigenvalue weighted by Gasteiger charge is -2.00. The fourth-order valence-electron chi connectivity index (χ4n) is 1.17. The Hall–Kier alpha value is -2.03. The Bertz CT molecular complexity index is 422. The summed E-state index contributed by atoms with van der Waals surface area (Å²) in [7, 11) is 0. The first-order valence-electron chi connectivity index (χ1n) is 5.06. The van der Waals surface area contributed by atoms with Crippen LogP contribution in [-0.4, -0.2) is 12.5 Å². The van der Waals surface area contributed by atoms with Crippen molar-refractivity contribution in [1.82, 2.24) is 5.32 Å². The van der Waals surface area contributed by atoms with Gasteiger partial charge in [0.1, 0.15) is 0 Å². The van der Waals surface area contributed by atoms with Gasteiger partial charge in [0, 0.05) is 18.3 Å². The maximum atomic E-state index is 11.3. The summed E-state index contributed by atoms with van der Waals surface area (Å²) in [6.45, 7) is 5.93. The summed E-state index contributed by atoms with van der Waals surface area (Å²) < 4.78 is 0. The van der Waals surface area contributed by atoms with Gasteiger partial charge in [-0.1, -0.05) is 18.2 Å². The van der Waals surface area contributed by atoms with E-state index in [0.717, 1.165) is 16.8 Å². The first-order chi connectivity index (χ1) is 7.63. The third-order valence-electron chi connectivity index (χ3n) is 2.15. The van der Waals surface area contributed by atoms with E-state index in [9.17, 15) is 4.79 Å². The Labute approximate surface area is 95.7 Å². The van der Waals surface area contributed by atoms with Crippen molar-refractivity contribution < 1.29 is 4.79 Å². The van der Waals surface area contributed by atoms with Gasteiger partial charge < -0.3 is 11.1 Å². The van der Waals surface area contributed by atoms with E-state index in [1.807, 2.05) is 25.1 Å². The van der Waals surface area contributed by atoms with Gasteiger partial charge in [0.15, 0.2) is 0 Å². The topological polar surface area (TPSA) is 55.1 Å². The van der Waals surface area contributed by atoms with Crippen molar-refractivity contribution in [3.05, 3.63) is 48.1 Å². The van der Waals surface area contributed by atoms with Crippen molar-refractivity contribution in [2.45, 2.75) is 6.92 Å². The van der Waals surface area contributed by atoms with Gasteiger partial charge in [0.05, 0.1) is 0 Å². The van der Waals surface area contributed by atoms with Crippen LogP contribution in [0.3, 0.4) is 0 Å². The maximum absolute atomic E-state index is 11.3. The van der Waals surface area contributed by atoms with Crippen molar-refractivity contribution in [2.75, 3.05) is 12.3 Å². The van der Waals surface area contributed by atoms with Crippen molar-refractivity contribution in [2.24, 2.45) is 0 Å². The number of nitrogens with two attached hydrogens (primary N) is 1. The number of nitrogens with one attached hydrogen (secondary N) is 1. The molecule has 0 spiro atoms. The average molecular weight is 216 g/mol. The molecule has 3 N–H and O–H groups in total. The lowest BCUT2D eigenvalue weighted by atomic mass is 10.1. The molecule has 0 aromatic heterocycles. The van der Waals surface area contributed by atoms with E-state index in [2.05, 4.69) is 11.9 Å². The van der Waals surface area contributed by atoms with Crippen LogP contribution in [0.15, 0.2) is 36.9 Å². The summed E-state index contributed by atoms with van der Waals surface area (Å²) in [6.07, 6.45) is 4.84. The minimum absolute atomic E-state index is 0.140. The predicted molar refractivity (Wildman–Crippen MR) is 67.8 cm³/mol. The van der Waals surface area contributed by atoms with Crippen LogP contribution in [0.4, 0.5) is 5.69 Å². The molecule has 0 aliphatic carbocycles. The highest BCUT2D eigenvalue weighted by molar-refractivity contribution is 5.91. The summed E-state index contributed by atoms with van der Waals surface area (Å²) in [5.41, 5.74) is 8.44. The third kappa shape index (κ3) is 3.61. The van der Waals surface area contributed by atoms with Gasteiger partial charge in [-0.2, -0.15) is 0 Å². The smallest absolute Gasteiger partial charge is 0.244 e. The van der Waals surface area contributed by atoms with Gasteiger partial charge >= 0.3 is 0 Å². The molecule has 0 aliphatic rings. The monoisotopic (exact) mass is 216 g/mol. The first kappa shape index (κ1) is 12.0. The number of rotatable bonds is 4. The van der Waals surface area contributed by atoms with E-state index in [1.165, 1.54) is 6.08 Å². The van der Waals surface area contributed by atoms with E-state index >= 15 is 0 Å². The number of hydrogen-bond acceptors (Lipinski definition) is 2. The van der Waals surface area contributed by atoms with E-state index in [0.29, 0.717) is 6.54 Å². The summed E-state index contributed by atoms with van der Waals surface area (Å²) in [6, 6.07) is 5.69. The second-order valence-corrected chi connectivity index (χ2v) is 3.48. The number of carbonyl (C=O) groups is 1. The number of carbonyl (C=O) groups excluding carboxylic acids is 1. The SMILES string of the molecule is C=CCNC(=O)/C=C/c1ccc(C)c(N)c1. The lowest BCUT2D eigenvalue weighted by Crippen LogP contribution is -2.20. The second-order valence-electron chi connectivity index (χ2n) is 3.48. The average Bonchev–Trinajstić information content (AvgIpc) is 2.28. The molecule has 0 saturated carbocycles. The molecular weight excluding hydrogens is 200 g/mol. The highest BCUT2D eigenvalue weighted by Gasteiger charge is 1.95. The molecule has 0 radical (unpaired) electrons. The Morgan fingerprint density at radius 3 is 2.94 bits per heavy atom. The standard InChI is InChI=1S/C13H16N2O/c1-3-8-15-13(16)7-6-11-5-4-10(2)12(14)9-11/h3-7,9H,1,8,14H2,2H3,(H,15,16)/b7-6+. The number of aryl methyl sites for hydroxylation is 1. The Balaban J connectivity index is 2.65. The van der Waals surface area contributed by atoms with Gasteiger partial charge in [-0.05, 0) is 30.2 Å². The van der Waals surface area contributed by atoms with Gasteiger partial charge in [-0.15, -0.1) is 6.58 Å². The zero-order valence-electron chi connectivity index (χ0n) is 9.36. The predicted octanol–water partition coefficient (Wildman–Crippen LogP) is 1.89. The molecule has 1 amide bonds. The summed E-state index contributed by atoms with van der Waals surface area (Å²) in [5, 5.41) is 2.65. The Kier molecular flexibility index (Phi) is 4.33. The molecule has 84 valence electrons. The minimum atomic E-state index is -0.140. The first-order valence-corrected chi connectivity index (χ1v) is 5.06. The number of nitrogen functional groups attached to an aromatic ring is 1. The largest absolute Gasteiger partial charge is 0.398 e. The number of anilines is 1. The molecule has 3 heteroatoms. The summed E-state index contributed by atoms with van der Waals surface area (Å²) in [5.74, 6) is -0.140. The van der Waals surface area contributed by atoms with Crippen molar-refractivity contribution >= 4 is 17.7 Å². The summed E-state index contributed by atoms with van der Waals surface area (Å²) >= 11 is 0. The number of amides is 1. The third-order valence-corrected chi connectivity index (χ3v) is 2.15. The van der Waals surface area contributed by atoms with E-state index < -0.39 is 0 Å². The van der Waals surface area contributed by atoms with Crippen molar-refractivity contribution in [3.8, 4) is 0 Å². The maximum Gasteiger partial charge on any atom is 0.244 e. The van der Waals surface area contributed by atoms with Crippen molar-refractivity contribution in [3.63, 3.8) is 0 Å². The molecule has 1 rings (SSSR count). The molecule has 0 atom stereocenters. The van der Waals surface area contributed by atoms with E-state index in [1.54, 1.807) is 12.2 Å². The van der Waals surface area contributed by atoms with Gasteiger partial charge in [0.2, 0.25) is 5.91 Å². The normalized spacial score (nSPS) is 10.3. The van der Waals surface area contributed by atoms with Crippen molar-refractivity contribution in [1.29, 1.82) is 0 Å². The minimum Gasteiger partial charge on any atom is -0.398 e. The number of hydrogen-bond donors (Lipinski definition) is 2.